The number of nitro groups is 1. The number of rotatable bonds is 6. The van der Waals surface area contributed by atoms with Crippen LogP contribution in [0.3, 0.4) is 0 Å². The minimum absolute atomic E-state index is 0.202. The summed E-state index contributed by atoms with van der Waals surface area (Å²) in [5.41, 5.74) is -0.0588. The van der Waals surface area contributed by atoms with Gasteiger partial charge in [0, 0.05) is 18.7 Å². The lowest BCUT2D eigenvalue weighted by molar-refractivity contribution is -0.385. The molecule has 2 rings (SSSR count). The number of aromatic carboxylic acids is 1. The predicted molar refractivity (Wildman–Crippen MR) is 73.7 cm³/mol. The molecule has 108 valence electrons. The van der Waals surface area contributed by atoms with E-state index in [9.17, 15) is 20.0 Å². The van der Waals surface area contributed by atoms with Crippen LogP contribution in [0.1, 0.15) is 35.7 Å². The van der Waals surface area contributed by atoms with E-state index in [1.165, 1.54) is 25.0 Å². The number of hydrogen-bond donors (Lipinski definition) is 1. The first-order chi connectivity index (χ1) is 9.41. The normalized spacial score (nSPS) is 16.1. The minimum atomic E-state index is -1.25. The van der Waals surface area contributed by atoms with Crippen molar-refractivity contribution in [1.82, 2.24) is 4.90 Å². The third-order valence-corrected chi connectivity index (χ3v) is 3.96. The average Bonchev–Trinajstić information content (AvgIpc) is 3.21. The second-order valence-electron chi connectivity index (χ2n) is 5.37. The third kappa shape index (κ3) is 2.96. The molecule has 1 unspecified atom stereocenters. The van der Waals surface area contributed by atoms with Crippen molar-refractivity contribution in [2.24, 2.45) is 5.92 Å². The lowest BCUT2D eigenvalue weighted by Gasteiger charge is -2.25. The van der Waals surface area contributed by atoms with E-state index in [4.69, 9.17) is 0 Å². The highest BCUT2D eigenvalue weighted by Crippen LogP contribution is 2.35. The number of carboxylic acids is 1. The molecule has 0 heterocycles. The zero-order valence-corrected chi connectivity index (χ0v) is 11.6. The van der Waals surface area contributed by atoms with Crippen molar-refractivity contribution in [1.29, 1.82) is 0 Å². The van der Waals surface area contributed by atoms with Crippen molar-refractivity contribution in [2.75, 3.05) is 7.05 Å². The molecule has 1 aromatic rings. The van der Waals surface area contributed by atoms with Gasteiger partial charge in [-0.2, -0.15) is 0 Å². The van der Waals surface area contributed by atoms with E-state index in [-0.39, 0.29) is 11.3 Å². The highest BCUT2D eigenvalue weighted by molar-refractivity contribution is 5.94. The molecule has 1 fully saturated rings. The summed E-state index contributed by atoms with van der Waals surface area (Å²) >= 11 is 0. The van der Waals surface area contributed by atoms with Crippen molar-refractivity contribution >= 4 is 11.7 Å². The lowest BCUT2D eigenvalue weighted by Crippen LogP contribution is -2.31. The maximum Gasteiger partial charge on any atom is 0.343 e. The number of carboxylic acid groups (broad SMARTS) is 1. The van der Waals surface area contributed by atoms with Crippen molar-refractivity contribution in [2.45, 2.75) is 32.4 Å². The van der Waals surface area contributed by atoms with Gasteiger partial charge in [-0.05, 0) is 38.3 Å². The summed E-state index contributed by atoms with van der Waals surface area (Å²) in [5.74, 6) is -0.591. The Bertz CT molecular complexity index is 540. The van der Waals surface area contributed by atoms with Crippen LogP contribution in [0.2, 0.25) is 0 Å². The van der Waals surface area contributed by atoms with Crippen LogP contribution in [0.15, 0.2) is 18.2 Å². The highest BCUT2D eigenvalue weighted by atomic mass is 16.6. The quantitative estimate of drug-likeness (QED) is 0.638. The molecular formula is C14H18N2O4. The van der Waals surface area contributed by atoms with Gasteiger partial charge in [-0.15, -0.1) is 0 Å². The number of carbonyl (C=O) groups is 1. The second kappa shape index (κ2) is 5.58. The maximum absolute atomic E-state index is 11.3. The van der Waals surface area contributed by atoms with Crippen LogP contribution in [0, 0.1) is 16.0 Å². The molecular weight excluding hydrogens is 260 g/mol. The summed E-state index contributed by atoms with van der Waals surface area (Å²) in [4.78, 5) is 23.7. The van der Waals surface area contributed by atoms with Gasteiger partial charge < -0.3 is 5.11 Å². The van der Waals surface area contributed by atoms with Gasteiger partial charge in [-0.3, -0.25) is 15.0 Å². The number of nitro benzene ring substituents is 1. The molecule has 0 saturated heterocycles. The van der Waals surface area contributed by atoms with Gasteiger partial charge >= 0.3 is 5.97 Å². The Morgan fingerprint density at radius 1 is 1.55 bits per heavy atom. The Balaban J connectivity index is 2.28. The monoisotopic (exact) mass is 278 g/mol. The van der Waals surface area contributed by atoms with Gasteiger partial charge in [0.15, 0.2) is 0 Å². The first-order valence-electron chi connectivity index (χ1n) is 6.61. The Hall–Kier alpha value is -1.95. The number of benzene rings is 1. The molecule has 1 saturated carbocycles. The van der Waals surface area contributed by atoms with Gasteiger partial charge in [0.05, 0.1) is 4.92 Å². The third-order valence-electron chi connectivity index (χ3n) is 3.96. The predicted octanol–water partition coefficient (Wildman–Crippen LogP) is 2.52. The Kier molecular flexibility index (Phi) is 4.04. The molecule has 6 heteroatoms. The second-order valence-corrected chi connectivity index (χ2v) is 5.37. The van der Waals surface area contributed by atoms with Gasteiger partial charge in [0.1, 0.15) is 5.56 Å². The molecule has 1 aromatic carbocycles. The summed E-state index contributed by atoms with van der Waals surface area (Å²) in [6.07, 6.45) is 2.40. The van der Waals surface area contributed by atoms with Crippen molar-refractivity contribution in [3.63, 3.8) is 0 Å². The zero-order valence-electron chi connectivity index (χ0n) is 11.6. The first kappa shape index (κ1) is 14.5. The average molecular weight is 278 g/mol. The molecule has 0 bridgehead atoms. The van der Waals surface area contributed by atoms with E-state index in [1.807, 2.05) is 7.05 Å². The summed E-state index contributed by atoms with van der Waals surface area (Å²) in [5, 5.41) is 20.2. The summed E-state index contributed by atoms with van der Waals surface area (Å²) in [6.45, 7) is 2.51. The van der Waals surface area contributed by atoms with E-state index in [2.05, 4.69) is 11.8 Å². The van der Waals surface area contributed by atoms with Crippen molar-refractivity contribution < 1.29 is 14.8 Å². The smallest absolute Gasteiger partial charge is 0.343 e. The highest BCUT2D eigenvalue weighted by Gasteiger charge is 2.31. The molecule has 1 aliphatic carbocycles. The van der Waals surface area contributed by atoms with Gasteiger partial charge in [0.2, 0.25) is 0 Å². The fraction of sp³-hybridized carbons (Fsp3) is 0.500. The summed E-state index contributed by atoms with van der Waals surface area (Å²) in [6, 6.07) is 4.77. The number of nitrogens with zero attached hydrogens (tertiary/aromatic N) is 2. The largest absolute Gasteiger partial charge is 0.477 e. The molecule has 0 spiro atoms. The SMILES string of the molecule is CC(C1CC1)N(C)Cc1cccc([N+](=O)[O-])c1C(=O)O. The number of hydrogen-bond acceptors (Lipinski definition) is 4. The molecule has 20 heavy (non-hydrogen) atoms. The molecule has 0 aliphatic heterocycles. The standard InChI is InChI=1S/C14H18N2O4/c1-9(10-6-7-10)15(2)8-11-4-3-5-12(16(19)20)13(11)14(17)18/h3-5,9-10H,6-8H2,1-2H3,(H,17,18). The van der Waals surface area contributed by atoms with Crippen molar-refractivity contribution in [3.05, 3.63) is 39.4 Å². The van der Waals surface area contributed by atoms with Crippen molar-refractivity contribution in [3.8, 4) is 0 Å². The van der Waals surface area contributed by atoms with Crippen LogP contribution in [0.5, 0.6) is 0 Å². The van der Waals surface area contributed by atoms with E-state index in [0.29, 0.717) is 24.1 Å². The van der Waals surface area contributed by atoms with Crippen LogP contribution in [-0.2, 0) is 6.54 Å². The van der Waals surface area contributed by atoms with Crippen LogP contribution in [-0.4, -0.2) is 34.0 Å². The Morgan fingerprint density at radius 2 is 2.20 bits per heavy atom. The molecule has 1 N–H and O–H groups in total. The molecule has 6 nitrogen and oxygen atoms in total. The van der Waals surface area contributed by atoms with E-state index in [0.717, 1.165) is 0 Å². The lowest BCUT2D eigenvalue weighted by atomic mass is 10.0. The molecule has 0 aromatic heterocycles. The first-order valence-corrected chi connectivity index (χ1v) is 6.61. The Labute approximate surface area is 117 Å². The van der Waals surface area contributed by atoms with Crippen LogP contribution in [0.25, 0.3) is 0 Å². The van der Waals surface area contributed by atoms with E-state index < -0.39 is 10.9 Å². The molecule has 0 amide bonds. The van der Waals surface area contributed by atoms with Gasteiger partial charge in [-0.1, -0.05) is 12.1 Å². The molecule has 0 radical (unpaired) electrons. The van der Waals surface area contributed by atoms with Gasteiger partial charge in [-0.25, -0.2) is 4.79 Å². The summed E-state index contributed by atoms with van der Waals surface area (Å²) in [7, 11) is 1.92. The molecule has 1 aliphatic rings. The summed E-state index contributed by atoms with van der Waals surface area (Å²) < 4.78 is 0. The minimum Gasteiger partial charge on any atom is -0.477 e. The Morgan fingerprint density at radius 3 is 2.70 bits per heavy atom. The van der Waals surface area contributed by atoms with Crippen LogP contribution in [0.4, 0.5) is 5.69 Å². The molecule has 1 atom stereocenters. The van der Waals surface area contributed by atoms with E-state index in [1.54, 1.807) is 6.07 Å². The fourth-order valence-electron chi connectivity index (χ4n) is 2.47. The fourth-order valence-corrected chi connectivity index (χ4v) is 2.47. The topological polar surface area (TPSA) is 83.7 Å². The maximum atomic E-state index is 11.3. The van der Waals surface area contributed by atoms with Crippen LogP contribution < -0.4 is 0 Å². The van der Waals surface area contributed by atoms with Gasteiger partial charge in [0.25, 0.3) is 5.69 Å². The zero-order chi connectivity index (χ0) is 14.9. The van der Waals surface area contributed by atoms with Crippen LogP contribution >= 0.6 is 0 Å². The van der Waals surface area contributed by atoms with E-state index >= 15 is 0 Å².